The van der Waals surface area contributed by atoms with Crippen molar-refractivity contribution in [3.63, 3.8) is 0 Å². The molecule has 0 saturated heterocycles. The van der Waals surface area contributed by atoms with Gasteiger partial charge in [-0.1, -0.05) is 29.3 Å². The first-order chi connectivity index (χ1) is 14.8. The summed E-state index contributed by atoms with van der Waals surface area (Å²) >= 11 is 12.5. The molecule has 0 unspecified atom stereocenters. The molecular weight excluding hydrogens is 441 g/mol. The number of hydrogen-bond donors (Lipinski definition) is 2. The molecule has 0 saturated carbocycles. The maximum atomic E-state index is 13.0. The number of hydrogen-bond acceptors (Lipinski definition) is 4. The molecule has 0 bridgehead atoms. The number of carboxylic acid groups (broad SMARTS) is 1. The molecule has 31 heavy (non-hydrogen) atoms. The summed E-state index contributed by atoms with van der Waals surface area (Å²) in [6.07, 6.45) is 4.61. The minimum atomic E-state index is -1.23. The van der Waals surface area contributed by atoms with Crippen LogP contribution in [0.5, 0.6) is 0 Å². The summed E-state index contributed by atoms with van der Waals surface area (Å²) < 4.78 is 6.05. The third kappa shape index (κ3) is 4.26. The molecule has 0 spiro atoms. The van der Waals surface area contributed by atoms with Crippen LogP contribution in [0, 0.1) is 0 Å². The number of nitrogens with one attached hydrogen (secondary N) is 1. The van der Waals surface area contributed by atoms with Crippen molar-refractivity contribution < 1.29 is 19.1 Å². The topological polar surface area (TPSA) is 96.6 Å². The van der Waals surface area contributed by atoms with Gasteiger partial charge in [0.25, 0.3) is 0 Å². The van der Waals surface area contributed by atoms with Gasteiger partial charge in [-0.05, 0) is 48.8 Å². The largest absolute Gasteiger partial charge is 0.478 e. The second-order valence-corrected chi connectivity index (χ2v) is 7.73. The maximum Gasteiger partial charge on any atom is 0.328 e. The second kappa shape index (κ2) is 8.41. The highest BCUT2D eigenvalue weighted by Gasteiger charge is 2.24. The van der Waals surface area contributed by atoms with Crippen LogP contribution in [0.1, 0.15) is 23.3 Å². The summed E-state index contributed by atoms with van der Waals surface area (Å²) in [5.41, 5.74) is 2.59. The number of amides is 1. The molecule has 0 radical (unpaired) electrons. The van der Waals surface area contributed by atoms with Crippen LogP contribution in [-0.2, 0) is 16.0 Å². The van der Waals surface area contributed by atoms with Crippen molar-refractivity contribution in [3.8, 4) is 0 Å². The molecule has 156 valence electrons. The van der Waals surface area contributed by atoms with Gasteiger partial charge >= 0.3 is 5.97 Å². The molecular formula is C23H15Cl2NO5. The van der Waals surface area contributed by atoms with Crippen molar-refractivity contribution >= 4 is 63.4 Å². The number of carboxylic acids is 1. The summed E-state index contributed by atoms with van der Waals surface area (Å²) in [7, 11) is 0. The number of allylic oxidation sites excluding steroid dienone is 1. The van der Waals surface area contributed by atoms with Gasteiger partial charge < -0.3 is 14.8 Å². The molecule has 6 nitrogen and oxygen atoms in total. The van der Waals surface area contributed by atoms with E-state index in [1.807, 2.05) is 6.08 Å². The lowest BCUT2D eigenvalue weighted by molar-refractivity contribution is -0.131. The first-order valence-electron chi connectivity index (χ1n) is 9.30. The Kier molecular flexibility index (Phi) is 5.67. The van der Waals surface area contributed by atoms with E-state index < -0.39 is 11.9 Å². The van der Waals surface area contributed by atoms with Gasteiger partial charge in [-0.2, -0.15) is 0 Å². The SMILES string of the molecule is O=C(O)C=CC(=O)Nc1ccc2c(=O)c3c(oc2c1)C(=Cc1c(Cl)cccc1Cl)CC3. The van der Waals surface area contributed by atoms with Crippen molar-refractivity contribution in [1.29, 1.82) is 0 Å². The Balaban J connectivity index is 1.75. The van der Waals surface area contributed by atoms with Gasteiger partial charge in [-0.25, -0.2) is 4.79 Å². The molecule has 1 aliphatic rings. The minimum absolute atomic E-state index is 0.131. The summed E-state index contributed by atoms with van der Waals surface area (Å²) in [4.78, 5) is 35.3. The predicted molar refractivity (Wildman–Crippen MR) is 121 cm³/mol. The van der Waals surface area contributed by atoms with Crippen molar-refractivity contribution in [3.05, 3.63) is 85.7 Å². The molecule has 1 aromatic heterocycles. The maximum absolute atomic E-state index is 13.0. The van der Waals surface area contributed by atoms with Crippen LogP contribution in [-0.4, -0.2) is 17.0 Å². The highest BCUT2D eigenvalue weighted by atomic mass is 35.5. The number of carbonyl (C=O) groups excluding carboxylic acids is 1. The Morgan fingerprint density at radius 3 is 2.52 bits per heavy atom. The van der Waals surface area contributed by atoms with Crippen LogP contribution in [0.4, 0.5) is 5.69 Å². The number of fused-ring (bicyclic) bond motifs is 2. The van der Waals surface area contributed by atoms with Gasteiger partial charge in [0, 0.05) is 45.1 Å². The molecule has 4 rings (SSSR count). The zero-order chi connectivity index (χ0) is 22.1. The number of rotatable bonds is 4. The van der Waals surface area contributed by atoms with Crippen molar-refractivity contribution in [1.82, 2.24) is 0 Å². The number of benzene rings is 2. The lowest BCUT2D eigenvalue weighted by atomic mass is 10.1. The lowest BCUT2D eigenvalue weighted by Crippen LogP contribution is -2.11. The van der Waals surface area contributed by atoms with Crippen molar-refractivity contribution in [2.24, 2.45) is 0 Å². The summed E-state index contributed by atoms with van der Waals surface area (Å²) in [5.74, 6) is -1.37. The van der Waals surface area contributed by atoms with Crippen molar-refractivity contribution in [2.75, 3.05) is 5.32 Å². The molecule has 8 heteroatoms. The molecule has 0 fully saturated rings. The molecule has 0 atom stereocenters. The average molecular weight is 456 g/mol. The average Bonchev–Trinajstić information content (AvgIpc) is 3.12. The second-order valence-electron chi connectivity index (χ2n) is 6.92. The molecule has 1 aliphatic carbocycles. The molecule has 0 aliphatic heterocycles. The first-order valence-corrected chi connectivity index (χ1v) is 10.1. The highest BCUT2D eigenvalue weighted by Crippen LogP contribution is 2.37. The van der Waals surface area contributed by atoms with Crippen LogP contribution in [0.2, 0.25) is 10.0 Å². The Bertz CT molecular complexity index is 1330. The van der Waals surface area contributed by atoms with E-state index in [1.54, 1.807) is 30.3 Å². The Morgan fingerprint density at radius 2 is 1.81 bits per heavy atom. The Labute approximate surface area is 186 Å². The standard InChI is InChI=1S/C23H15Cl2NO5/c24-17-2-1-3-18(25)16(17)10-12-4-6-15-22(30)14-7-5-13(11-19(14)31-23(12)15)26-20(27)8-9-21(28)29/h1-3,5,7-11H,4,6H2,(H,26,27)(H,28,29). The summed E-state index contributed by atoms with van der Waals surface area (Å²) in [6.45, 7) is 0. The van der Waals surface area contributed by atoms with E-state index in [4.69, 9.17) is 32.7 Å². The zero-order valence-corrected chi connectivity index (χ0v) is 17.5. The fourth-order valence-electron chi connectivity index (χ4n) is 3.46. The Morgan fingerprint density at radius 1 is 1.06 bits per heavy atom. The molecule has 3 aromatic rings. The highest BCUT2D eigenvalue weighted by molar-refractivity contribution is 6.37. The number of carbonyl (C=O) groups is 2. The van der Waals surface area contributed by atoms with E-state index in [1.165, 1.54) is 6.07 Å². The van der Waals surface area contributed by atoms with Gasteiger partial charge in [0.2, 0.25) is 5.91 Å². The van der Waals surface area contributed by atoms with E-state index >= 15 is 0 Å². The van der Waals surface area contributed by atoms with Crippen LogP contribution < -0.4 is 10.7 Å². The van der Waals surface area contributed by atoms with Gasteiger partial charge in [0.05, 0.1) is 5.39 Å². The summed E-state index contributed by atoms with van der Waals surface area (Å²) in [5, 5.41) is 12.5. The normalized spacial score (nSPS) is 14.3. The molecule has 1 heterocycles. The van der Waals surface area contributed by atoms with Crippen LogP contribution in [0.15, 0.2) is 57.8 Å². The van der Waals surface area contributed by atoms with Gasteiger partial charge in [0.1, 0.15) is 11.3 Å². The molecule has 1 amide bonds. The quantitative estimate of drug-likeness (QED) is 0.529. The zero-order valence-electron chi connectivity index (χ0n) is 15.9. The predicted octanol–water partition coefficient (Wildman–Crippen LogP) is 5.17. The summed E-state index contributed by atoms with van der Waals surface area (Å²) in [6, 6.07) is 9.89. The van der Waals surface area contributed by atoms with E-state index in [9.17, 15) is 14.4 Å². The lowest BCUT2D eigenvalue weighted by Gasteiger charge is -2.07. The minimum Gasteiger partial charge on any atom is -0.478 e. The van der Waals surface area contributed by atoms with E-state index in [2.05, 4.69) is 5.32 Å². The number of halogens is 2. The smallest absolute Gasteiger partial charge is 0.328 e. The van der Waals surface area contributed by atoms with Gasteiger partial charge in [-0.15, -0.1) is 0 Å². The monoisotopic (exact) mass is 455 g/mol. The van der Waals surface area contributed by atoms with Crippen molar-refractivity contribution in [2.45, 2.75) is 12.8 Å². The van der Waals surface area contributed by atoms with E-state index in [-0.39, 0.29) is 5.43 Å². The molecule has 2 N–H and O–H groups in total. The van der Waals surface area contributed by atoms with Gasteiger partial charge in [-0.3, -0.25) is 9.59 Å². The first kappa shape index (κ1) is 20.9. The van der Waals surface area contributed by atoms with Crippen LogP contribution in [0.3, 0.4) is 0 Å². The fraction of sp³-hybridized carbons (Fsp3) is 0.0870. The van der Waals surface area contributed by atoms with E-state index in [0.29, 0.717) is 56.4 Å². The molecule has 2 aromatic carbocycles. The third-order valence-electron chi connectivity index (χ3n) is 4.89. The number of anilines is 1. The fourth-order valence-corrected chi connectivity index (χ4v) is 3.97. The number of aliphatic carboxylic acids is 1. The Hall–Kier alpha value is -3.35. The van der Waals surface area contributed by atoms with Crippen LogP contribution in [0.25, 0.3) is 22.6 Å². The van der Waals surface area contributed by atoms with E-state index in [0.717, 1.165) is 17.7 Å². The van der Waals surface area contributed by atoms with Crippen LogP contribution >= 0.6 is 23.2 Å². The van der Waals surface area contributed by atoms with Gasteiger partial charge in [0.15, 0.2) is 5.43 Å². The third-order valence-corrected chi connectivity index (χ3v) is 5.54.